The molecule has 4 N–H and O–H groups in total. The lowest BCUT2D eigenvalue weighted by molar-refractivity contribution is 0.0698. The van der Waals surface area contributed by atoms with Gasteiger partial charge in [0.25, 0.3) is 0 Å². The molecule has 5 nitrogen and oxygen atoms in total. The lowest BCUT2D eigenvalue weighted by atomic mass is 10.1. The molecule has 2 rings (SSSR count). The molecule has 0 radical (unpaired) electrons. The summed E-state index contributed by atoms with van der Waals surface area (Å²) in [6.45, 7) is 0. The van der Waals surface area contributed by atoms with Gasteiger partial charge in [0.1, 0.15) is 0 Å². The minimum Gasteiger partial charge on any atom is -0.478 e. The first-order chi connectivity index (χ1) is 8.97. The highest BCUT2D eigenvalue weighted by Crippen LogP contribution is 2.31. The largest absolute Gasteiger partial charge is 0.478 e. The molecule has 1 saturated heterocycles. The van der Waals surface area contributed by atoms with Gasteiger partial charge in [0, 0.05) is 34.0 Å². The number of aromatic carboxylic acids is 1. The average Bonchev–Trinajstić information content (AvgIpc) is 2.34. The molecule has 0 bridgehead atoms. The maximum atomic E-state index is 11.3. The molecule has 7 heteroatoms. The van der Waals surface area contributed by atoms with Crippen molar-refractivity contribution in [3.8, 4) is 0 Å². The topological polar surface area (TPSA) is 92.4 Å². The Bertz CT molecular complexity index is 526. The maximum Gasteiger partial charge on any atom is 0.337 e. The third-order valence-corrected chi connectivity index (χ3v) is 4.76. The van der Waals surface area contributed by atoms with Crippen LogP contribution >= 0.6 is 11.6 Å². The molecule has 0 aliphatic carbocycles. The second kappa shape index (κ2) is 5.79. The van der Waals surface area contributed by atoms with Gasteiger partial charge in [-0.1, -0.05) is 11.6 Å². The molecule has 0 unspecified atom stereocenters. The van der Waals surface area contributed by atoms with Gasteiger partial charge in [-0.25, -0.2) is 4.79 Å². The van der Waals surface area contributed by atoms with Crippen LogP contribution in [0, 0.1) is 0 Å². The molecule has 1 heterocycles. The second-order valence-electron chi connectivity index (χ2n) is 4.50. The van der Waals surface area contributed by atoms with Gasteiger partial charge >= 0.3 is 5.97 Å². The van der Waals surface area contributed by atoms with Crippen LogP contribution in [0.2, 0.25) is 5.02 Å². The molecule has 0 spiro atoms. The van der Waals surface area contributed by atoms with Gasteiger partial charge in [-0.05, 0) is 25.0 Å². The monoisotopic (exact) mass is 302 g/mol. The molecule has 0 saturated carbocycles. The van der Waals surface area contributed by atoms with E-state index in [0.29, 0.717) is 27.9 Å². The van der Waals surface area contributed by atoms with E-state index in [1.54, 1.807) is 0 Å². The molecular formula is C12H15ClN2O3S. The van der Waals surface area contributed by atoms with Crippen molar-refractivity contribution in [3.63, 3.8) is 0 Å². The zero-order valence-electron chi connectivity index (χ0n) is 10.2. The first kappa shape index (κ1) is 14.1. The van der Waals surface area contributed by atoms with E-state index in [2.05, 4.69) is 5.32 Å². The fourth-order valence-corrected chi connectivity index (χ4v) is 3.67. The highest BCUT2D eigenvalue weighted by atomic mass is 35.5. The van der Waals surface area contributed by atoms with Gasteiger partial charge in [0.2, 0.25) is 0 Å². The van der Waals surface area contributed by atoms with E-state index >= 15 is 0 Å². The summed E-state index contributed by atoms with van der Waals surface area (Å²) in [5.74, 6) is 0.190. The van der Waals surface area contributed by atoms with Crippen LogP contribution in [0.15, 0.2) is 12.1 Å². The average molecular weight is 303 g/mol. The van der Waals surface area contributed by atoms with E-state index < -0.39 is 16.8 Å². The third-order valence-electron chi connectivity index (χ3n) is 3.08. The lowest BCUT2D eigenvalue weighted by Crippen LogP contribution is -2.30. The summed E-state index contributed by atoms with van der Waals surface area (Å²) in [5.41, 5.74) is 6.38. The number of nitrogen functional groups attached to an aromatic ring is 1. The molecule has 0 amide bonds. The standard InChI is InChI=1S/C12H15ClN2O3S/c13-10-6-7(14)5-9(12(16)17)11(10)15-8-1-3-19(18)4-2-8/h5-6,8,15H,1-4,14H2,(H,16,17). The SMILES string of the molecule is Nc1cc(Cl)c(NC2CCS(=O)CC2)c(C(=O)O)c1. The zero-order chi connectivity index (χ0) is 14.0. The number of nitrogens with two attached hydrogens (primary N) is 1. The molecule has 1 fully saturated rings. The Morgan fingerprint density at radius 2 is 2.05 bits per heavy atom. The quantitative estimate of drug-likeness (QED) is 0.742. The fraction of sp³-hybridized carbons (Fsp3) is 0.417. The van der Waals surface area contributed by atoms with Crippen LogP contribution in [-0.2, 0) is 10.8 Å². The van der Waals surface area contributed by atoms with Crippen LogP contribution < -0.4 is 11.1 Å². The maximum absolute atomic E-state index is 11.3. The predicted octanol–water partition coefficient (Wildman–Crippen LogP) is 1.94. The molecule has 0 atom stereocenters. The van der Waals surface area contributed by atoms with Gasteiger partial charge in [-0.2, -0.15) is 0 Å². The zero-order valence-corrected chi connectivity index (χ0v) is 11.8. The Morgan fingerprint density at radius 1 is 1.42 bits per heavy atom. The van der Waals surface area contributed by atoms with E-state index in [0.717, 1.165) is 12.8 Å². The van der Waals surface area contributed by atoms with Gasteiger partial charge in [-0.3, -0.25) is 4.21 Å². The van der Waals surface area contributed by atoms with Crippen molar-refractivity contribution in [2.75, 3.05) is 22.6 Å². The minimum absolute atomic E-state index is 0.0664. The molecule has 104 valence electrons. The van der Waals surface area contributed by atoms with Crippen molar-refractivity contribution >= 4 is 39.7 Å². The smallest absolute Gasteiger partial charge is 0.337 e. The molecule has 0 aromatic heterocycles. The number of rotatable bonds is 3. The van der Waals surface area contributed by atoms with Gasteiger partial charge in [0.05, 0.1) is 16.3 Å². The van der Waals surface area contributed by atoms with Crippen molar-refractivity contribution in [2.45, 2.75) is 18.9 Å². The Morgan fingerprint density at radius 3 is 2.63 bits per heavy atom. The molecular weight excluding hydrogens is 288 g/mol. The summed E-state index contributed by atoms with van der Waals surface area (Å²) in [7, 11) is -0.751. The number of carbonyl (C=O) groups is 1. The summed E-state index contributed by atoms with van der Waals surface area (Å²) in [6.07, 6.45) is 1.48. The molecule has 19 heavy (non-hydrogen) atoms. The number of carboxylic acid groups (broad SMARTS) is 1. The number of carboxylic acids is 1. The van der Waals surface area contributed by atoms with Crippen molar-refractivity contribution in [1.82, 2.24) is 0 Å². The van der Waals surface area contributed by atoms with Crippen molar-refractivity contribution < 1.29 is 14.1 Å². The number of hydrogen-bond acceptors (Lipinski definition) is 4. The summed E-state index contributed by atoms with van der Waals surface area (Å²) >= 11 is 6.06. The van der Waals surface area contributed by atoms with Gasteiger partial charge < -0.3 is 16.2 Å². The van der Waals surface area contributed by atoms with E-state index in [1.807, 2.05) is 0 Å². The van der Waals surface area contributed by atoms with E-state index in [-0.39, 0.29) is 11.6 Å². The van der Waals surface area contributed by atoms with Crippen molar-refractivity contribution in [2.24, 2.45) is 0 Å². The molecule has 1 aromatic carbocycles. The molecule has 1 aromatic rings. The van der Waals surface area contributed by atoms with Crippen molar-refractivity contribution in [3.05, 3.63) is 22.7 Å². The number of hydrogen-bond donors (Lipinski definition) is 3. The Kier molecular flexibility index (Phi) is 4.31. The van der Waals surface area contributed by atoms with Crippen LogP contribution in [0.4, 0.5) is 11.4 Å². The molecule has 1 aliphatic rings. The second-order valence-corrected chi connectivity index (χ2v) is 6.60. The van der Waals surface area contributed by atoms with Crippen LogP contribution in [-0.4, -0.2) is 32.8 Å². The predicted molar refractivity (Wildman–Crippen MR) is 77.3 cm³/mol. The third kappa shape index (κ3) is 3.39. The van der Waals surface area contributed by atoms with E-state index in [9.17, 15) is 14.1 Å². The number of halogens is 1. The molecule has 1 aliphatic heterocycles. The van der Waals surface area contributed by atoms with Gasteiger partial charge in [-0.15, -0.1) is 0 Å². The number of benzene rings is 1. The summed E-state index contributed by atoms with van der Waals surface area (Å²) in [6, 6.07) is 3.01. The number of nitrogens with one attached hydrogen (secondary N) is 1. The fourth-order valence-electron chi connectivity index (χ4n) is 2.09. The van der Waals surface area contributed by atoms with Crippen LogP contribution in [0.5, 0.6) is 0 Å². The van der Waals surface area contributed by atoms with Crippen LogP contribution in [0.25, 0.3) is 0 Å². The Hall–Kier alpha value is -1.27. The van der Waals surface area contributed by atoms with Gasteiger partial charge in [0.15, 0.2) is 0 Å². The number of anilines is 2. The van der Waals surface area contributed by atoms with Crippen LogP contribution in [0.1, 0.15) is 23.2 Å². The first-order valence-electron chi connectivity index (χ1n) is 5.91. The summed E-state index contributed by atoms with van der Waals surface area (Å²) < 4.78 is 11.3. The van der Waals surface area contributed by atoms with E-state index in [4.69, 9.17) is 17.3 Å². The highest BCUT2D eigenvalue weighted by molar-refractivity contribution is 7.85. The summed E-state index contributed by atoms with van der Waals surface area (Å²) in [4.78, 5) is 11.2. The Balaban J connectivity index is 2.24. The van der Waals surface area contributed by atoms with E-state index in [1.165, 1.54) is 12.1 Å². The Labute approximate surface area is 118 Å². The van der Waals surface area contributed by atoms with Crippen molar-refractivity contribution in [1.29, 1.82) is 0 Å². The highest BCUT2D eigenvalue weighted by Gasteiger charge is 2.21. The van der Waals surface area contributed by atoms with Crippen LogP contribution in [0.3, 0.4) is 0 Å². The first-order valence-corrected chi connectivity index (χ1v) is 7.78. The minimum atomic E-state index is -1.07. The normalized spacial score (nSPS) is 23.0. The summed E-state index contributed by atoms with van der Waals surface area (Å²) in [5, 5.41) is 12.6. The lowest BCUT2D eigenvalue weighted by Gasteiger charge is -2.25.